The molecular formula is C17H23Cl2N3O6S2. The third-order valence-corrected chi connectivity index (χ3v) is 9.15. The molecule has 1 heterocycles. The van der Waals surface area contributed by atoms with Crippen molar-refractivity contribution >= 4 is 65.8 Å². The summed E-state index contributed by atoms with van der Waals surface area (Å²) in [4.78, 5) is 12.2. The van der Waals surface area contributed by atoms with Gasteiger partial charge in [-0.1, -0.05) is 0 Å². The Hall–Kier alpha value is -1.56. The number of carbonyl (C=O) groups is 1. The van der Waals surface area contributed by atoms with E-state index in [1.54, 1.807) is 0 Å². The fourth-order valence-electron chi connectivity index (χ4n) is 2.91. The van der Waals surface area contributed by atoms with Gasteiger partial charge in [0, 0.05) is 23.7 Å². The molecule has 0 atom stereocenters. The van der Waals surface area contributed by atoms with Gasteiger partial charge in [-0.2, -0.15) is 8.81 Å². The number of esters is 1. The number of aryl methyl sites for hydroxylation is 1. The number of rotatable bonds is 11. The number of methoxy groups -OCH3 is 1. The predicted molar refractivity (Wildman–Crippen MR) is 117 cm³/mol. The SMILES string of the molecule is CCn1ncc2c(N(S(=O)(=O)CCCCl)S(=O)(=O)CCCCl)cc(C(=O)OC)cc21. The zero-order valence-electron chi connectivity index (χ0n) is 16.5. The molecule has 13 heteroatoms. The van der Waals surface area contributed by atoms with Crippen LogP contribution < -0.4 is 3.71 Å². The van der Waals surface area contributed by atoms with E-state index in [1.165, 1.54) is 30.1 Å². The summed E-state index contributed by atoms with van der Waals surface area (Å²) in [7, 11) is -7.49. The van der Waals surface area contributed by atoms with Crippen LogP contribution in [0.1, 0.15) is 30.1 Å². The van der Waals surface area contributed by atoms with Crippen molar-refractivity contribution < 1.29 is 26.4 Å². The summed E-state index contributed by atoms with van der Waals surface area (Å²) >= 11 is 11.3. The van der Waals surface area contributed by atoms with Crippen molar-refractivity contribution in [2.75, 3.05) is 34.1 Å². The molecule has 1 aromatic heterocycles. The number of alkyl halides is 2. The van der Waals surface area contributed by atoms with Crippen molar-refractivity contribution in [3.63, 3.8) is 0 Å². The van der Waals surface area contributed by atoms with E-state index in [0.717, 1.165) is 0 Å². The van der Waals surface area contributed by atoms with Gasteiger partial charge in [0.2, 0.25) is 20.0 Å². The summed E-state index contributed by atoms with van der Waals surface area (Å²) in [6, 6.07) is 2.67. The quantitative estimate of drug-likeness (QED) is 0.344. The van der Waals surface area contributed by atoms with Crippen LogP contribution in [0.15, 0.2) is 18.3 Å². The lowest BCUT2D eigenvalue weighted by Crippen LogP contribution is -2.40. The lowest BCUT2D eigenvalue weighted by Gasteiger charge is -2.25. The average molecular weight is 500 g/mol. The summed E-state index contributed by atoms with van der Waals surface area (Å²) in [6.07, 6.45) is 1.48. The second-order valence-electron chi connectivity index (χ2n) is 6.29. The van der Waals surface area contributed by atoms with Gasteiger partial charge < -0.3 is 4.74 Å². The maximum absolute atomic E-state index is 13.1. The van der Waals surface area contributed by atoms with Crippen LogP contribution in [0, 0.1) is 0 Å². The Bertz CT molecular complexity index is 1080. The molecule has 2 aromatic rings. The van der Waals surface area contributed by atoms with Crippen LogP contribution in [-0.2, 0) is 31.3 Å². The van der Waals surface area contributed by atoms with Crippen molar-refractivity contribution in [2.45, 2.75) is 26.3 Å². The molecule has 0 aliphatic carbocycles. The van der Waals surface area contributed by atoms with Gasteiger partial charge in [-0.3, -0.25) is 4.68 Å². The minimum Gasteiger partial charge on any atom is -0.465 e. The Morgan fingerprint density at radius 3 is 2.13 bits per heavy atom. The van der Waals surface area contributed by atoms with Gasteiger partial charge >= 0.3 is 5.97 Å². The van der Waals surface area contributed by atoms with Crippen molar-refractivity contribution in [1.29, 1.82) is 0 Å². The van der Waals surface area contributed by atoms with E-state index in [2.05, 4.69) is 5.10 Å². The van der Waals surface area contributed by atoms with Crippen LogP contribution >= 0.6 is 23.2 Å². The second-order valence-corrected chi connectivity index (χ2v) is 11.2. The number of ether oxygens (including phenoxy) is 1. The topological polar surface area (TPSA) is 116 Å². The second kappa shape index (κ2) is 10.2. The summed E-state index contributed by atoms with van der Waals surface area (Å²) in [5, 5.41) is 4.45. The molecule has 0 amide bonds. The minimum atomic E-state index is -4.34. The number of benzene rings is 1. The Labute approximate surface area is 186 Å². The van der Waals surface area contributed by atoms with Crippen LogP contribution in [0.3, 0.4) is 0 Å². The molecule has 0 unspecified atom stereocenters. The van der Waals surface area contributed by atoms with Crippen molar-refractivity contribution in [3.05, 3.63) is 23.9 Å². The molecule has 0 aliphatic heterocycles. The Kier molecular flexibility index (Phi) is 8.37. The molecule has 0 fully saturated rings. The van der Waals surface area contributed by atoms with Gasteiger partial charge in [-0.25, -0.2) is 21.6 Å². The first-order valence-electron chi connectivity index (χ1n) is 9.08. The third-order valence-electron chi connectivity index (χ3n) is 4.24. The summed E-state index contributed by atoms with van der Waals surface area (Å²) in [6.45, 7) is 2.23. The normalized spacial score (nSPS) is 12.3. The Morgan fingerprint density at radius 1 is 1.10 bits per heavy atom. The number of aromatic nitrogens is 2. The Balaban J connectivity index is 2.85. The molecule has 0 saturated carbocycles. The highest BCUT2D eigenvalue weighted by Gasteiger charge is 2.35. The van der Waals surface area contributed by atoms with Crippen LogP contribution in [0.5, 0.6) is 0 Å². The van der Waals surface area contributed by atoms with E-state index in [1.807, 2.05) is 6.92 Å². The molecule has 0 N–H and O–H groups in total. The number of hydrogen-bond donors (Lipinski definition) is 0. The number of fused-ring (bicyclic) bond motifs is 1. The lowest BCUT2D eigenvalue weighted by atomic mass is 10.1. The van der Waals surface area contributed by atoms with Crippen molar-refractivity contribution in [1.82, 2.24) is 9.78 Å². The van der Waals surface area contributed by atoms with E-state index < -0.39 is 37.5 Å². The van der Waals surface area contributed by atoms with E-state index in [-0.39, 0.29) is 41.2 Å². The highest BCUT2D eigenvalue weighted by Crippen LogP contribution is 2.34. The molecule has 0 radical (unpaired) electrons. The predicted octanol–water partition coefficient (Wildman–Crippen LogP) is 2.57. The van der Waals surface area contributed by atoms with Gasteiger partial charge in [-0.15, -0.1) is 23.2 Å². The molecular weight excluding hydrogens is 477 g/mol. The third kappa shape index (κ3) is 5.19. The summed E-state index contributed by atoms with van der Waals surface area (Å²) in [5.74, 6) is -1.62. The van der Waals surface area contributed by atoms with Gasteiger partial charge in [0.05, 0.1) is 41.6 Å². The molecule has 0 spiro atoms. The average Bonchev–Trinajstić information content (AvgIpc) is 3.13. The zero-order chi connectivity index (χ0) is 22.5. The van der Waals surface area contributed by atoms with Crippen LogP contribution in [0.2, 0.25) is 0 Å². The van der Waals surface area contributed by atoms with Gasteiger partial charge in [0.25, 0.3) is 0 Å². The van der Waals surface area contributed by atoms with Crippen molar-refractivity contribution in [2.24, 2.45) is 0 Å². The van der Waals surface area contributed by atoms with E-state index in [9.17, 15) is 21.6 Å². The van der Waals surface area contributed by atoms with Crippen LogP contribution in [0.4, 0.5) is 5.69 Å². The molecule has 0 saturated heterocycles. The van der Waals surface area contributed by atoms with E-state index >= 15 is 0 Å². The molecule has 2 rings (SSSR count). The molecule has 1 aromatic carbocycles. The molecule has 168 valence electrons. The summed E-state index contributed by atoms with van der Waals surface area (Å²) in [5.41, 5.74) is 0.220. The molecule has 30 heavy (non-hydrogen) atoms. The highest BCUT2D eigenvalue weighted by molar-refractivity contribution is 8.10. The van der Waals surface area contributed by atoms with E-state index in [0.29, 0.717) is 15.8 Å². The fraction of sp³-hybridized carbons (Fsp3) is 0.529. The van der Waals surface area contributed by atoms with Gasteiger partial charge in [0.15, 0.2) is 0 Å². The maximum atomic E-state index is 13.1. The first-order chi connectivity index (χ1) is 14.1. The monoisotopic (exact) mass is 499 g/mol. The highest BCUT2D eigenvalue weighted by atomic mass is 35.5. The molecule has 0 bridgehead atoms. The number of anilines is 1. The number of nitrogens with zero attached hydrogens (tertiary/aromatic N) is 3. The number of halogens is 2. The lowest BCUT2D eigenvalue weighted by molar-refractivity contribution is 0.0601. The number of sulfonamides is 2. The smallest absolute Gasteiger partial charge is 0.338 e. The first kappa shape index (κ1) is 24.7. The van der Waals surface area contributed by atoms with Gasteiger partial charge in [0.1, 0.15) is 0 Å². The summed E-state index contributed by atoms with van der Waals surface area (Å²) < 4.78 is 59.0. The van der Waals surface area contributed by atoms with Crippen LogP contribution in [-0.4, -0.2) is 63.0 Å². The largest absolute Gasteiger partial charge is 0.465 e. The minimum absolute atomic E-state index is 0.000266. The Morgan fingerprint density at radius 2 is 1.67 bits per heavy atom. The number of hydrogen-bond acceptors (Lipinski definition) is 7. The molecule has 0 aliphatic rings. The van der Waals surface area contributed by atoms with E-state index in [4.69, 9.17) is 27.9 Å². The van der Waals surface area contributed by atoms with Crippen molar-refractivity contribution in [3.8, 4) is 0 Å². The first-order valence-corrected chi connectivity index (χ1v) is 13.4. The molecule has 9 nitrogen and oxygen atoms in total. The fourth-order valence-corrected chi connectivity index (χ4v) is 7.58. The standard InChI is InChI=1S/C17H23Cl2N3O6S2/c1-3-21-15-10-13(17(23)28-2)11-16(14(15)12-20-21)22(29(24,25)8-4-6-18)30(26,27)9-5-7-19/h10-12H,3-9H2,1-2H3. The van der Waals surface area contributed by atoms with Gasteiger partial charge in [-0.05, 0) is 31.9 Å². The number of carbonyl (C=O) groups excluding carboxylic acids is 1. The van der Waals surface area contributed by atoms with Crippen LogP contribution in [0.25, 0.3) is 10.9 Å². The maximum Gasteiger partial charge on any atom is 0.338 e. The zero-order valence-corrected chi connectivity index (χ0v) is 19.7.